The Bertz CT molecular complexity index is 370. The molecule has 4 heteroatoms. The van der Waals surface area contributed by atoms with Gasteiger partial charge in [-0.3, -0.25) is 9.59 Å². The third kappa shape index (κ3) is 9.86. The maximum Gasteiger partial charge on any atom is 0.308 e. The summed E-state index contributed by atoms with van der Waals surface area (Å²) in [5.41, 5.74) is 0. The molecule has 1 fully saturated rings. The standard InChI is InChI=1S/C21H38O4/c1-4-5-8-15-24-20(22)18-11-13-19(14-12-18)21(23)25-16-9-6-7-10-17(2)3/h17-19H,4-16H2,1-3H3. The second-order valence-corrected chi connectivity index (χ2v) is 7.83. The SMILES string of the molecule is CCCCCOC(=O)C1CCC(C(=O)OCCCCCC(C)C)CC1. The molecule has 1 aliphatic rings. The second-order valence-electron chi connectivity index (χ2n) is 7.83. The van der Waals surface area contributed by atoms with E-state index < -0.39 is 0 Å². The summed E-state index contributed by atoms with van der Waals surface area (Å²) in [7, 11) is 0. The average molecular weight is 355 g/mol. The van der Waals surface area contributed by atoms with Gasteiger partial charge in [-0.1, -0.05) is 52.9 Å². The Morgan fingerprint density at radius 1 is 0.800 bits per heavy atom. The number of unbranched alkanes of at least 4 members (excludes halogenated alkanes) is 4. The molecule has 0 aromatic rings. The molecule has 0 saturated heterocycles. The second kappa shape index (κ2) is 13.2. The van der Waals surface area contributed by atoms with Crippen molar-refractivity contribution in [2.75, 3.05) is 13.2 Å². The number of hydrogen-bond donors (Lipinski definition) is 0. The van der Waals surface area contributed by atoms with Crippen LogP contribution >= 0.6 is 0 Å². The highest BCUT2D eigenvalue weighted by atomic mass is 16.5. The van der Waals surface area contributed by atoms with Crippen LogP contribution in [0.2, 0.25) is 0 Å². The van der Waals surface area contributed by atoms with Gasteiger partial charge in [0.05, 0.1) is 25.0 Å². The van der Waals surface area contributed by atoms with Crippen molar-refractivity contribution in [3.8, 4) is 0 Å². The minimum absolute atomic E-state index is 0.0262. The topological polar surface area (TPSA) is 52.6 Å². The number of rotatable bonds is 12. The normalized spacial score (nSPS) is 20.5. The van der Waals surface area contributed by atoms with Crippen LogP contribution in [0.1, 0.15) is 91.4 Å². The van der Waals surface area contributed by atoms with E-state index in [1.807, 2.05) is 0 Å². The van der Waals surface area contributed by atoms with Crippen LogP contribution in [0.4, 0.5) is 0 Å². The molecule has 0 unspecified atom stereocenters. The van der Waals surface area contributed by atoms with E-state index in [-0.39, 0.29) is 23.8 Å². The molecular formula is C21H38O4. The molecular weight excluding hydrogens is 316 g/mol. The molecule has 0 atom stereocenters. The monoisotopic (exact) mass is 354 g/mol. The molecule has 1 aliphatic carbocycles. The van der Waals surface area contributed by atoms with Crippen molar-refractivity contribution in [3.63, 3.8) is 0 Å². The van der Waals surface area contributed by atoms with Crippen molar-refractivity contribution < 1.29 is 19.1 Å². The van der Waals surface area contributed by atoms with Gasteiger partial charge in [-0.05, 0) is 44.4 Å². The molecule has 4 nitrogen and oxygen atoms in total. The van der Waals surface area contributed by atoms with Gasteiger partial charge in [-0.15, -0.1) is 0 Å². The smallest absolute Gasteiger partial charge is 0.308 e. The van der Waals surface area contributed by atoms with E-state index in [2.05, 4.69) is 20.8 Å². The lowest BCUT2D eigenvalue weighted by molar-refractivity contribution is -0.155. The molecule has 25 heavy (non-hydrogen) atoms. The zero-order chi connectivity index (χ0) is 18.5. The van der Waals surface area contributed by atoms with Crippen molar-refractivity contribution in [2.24, 2.45) is 17.8 Å². The van der Waals surface area contributed by atoms with Crippen molar-refractivity contribution >= 4 is 11.9 Å². The molecule has 0 radical (unpaired) electrons. The third-order valence-corrected chi connectivity index (χ3v) is 5.06. The van der Waals surface area contributed by atoms with Gasteiger partial charge in [0.15, 0.2) is 0 Å². The highest BCUT2D eigenvalue weighted by Crippen LogP contribution is 2.30. The number of carbonyl (C=O) groups excluding carboxylic acids is 2. The first kappa shape index (κ1) is 22.0. The van der Waals surface area contributed by atoms with E-state index >= 15 is 0 Å². The summed E-state index contributed by atoms with van der Waals surface area (Å²) >= 11 is 0. The van der Waals surface area contributed by atoms with Crippen LogP contribution in [-0.2, 0) is 19.1 Å². The Kier molecular flexibility index (Phi) is 11.6. The van der Waals surface area contributed by atoms with Gasteiger partial charge in [-0.25, -0.2) is 0 Å². The van der Waals surface area contributed by atoms with Crippen LogP contribution in [0.25, 0.3) is 0 Å². The molecule has 0 aromatic heterocycles. The summed E-state index contributed by atoms with van der Waals surface area (Å²) < 4.78 is 10.8. The zero-order valence-corrected chi connectivity index (χ0v) is 16.6. The van der Waals surface area contributed by atoms with E-state index in [0.29, 0.717) is 13.2 Å². The lowest BCUT2D eigenvalue weighted by Crippen LogP contribution is -2.28. The van der Waals surface area contributed by atoms with Crippen molar-refractivity contribution in [3.05, 3.63) is 0 Å². The van der Waals surface area contributed by atoms with Gasteiger partial charge in [0.25, 0.3) is 0 Å². The van der Waals surface area contributed by atoms with Crippen LogP contribution in [-0.4, -0.2) is 25.2 Å². The van der Waals surface area contributed by atoms with E-state index in [9.17, 15) is 9.59 Å². The summed E-state index contributed by atoms with van der Waals surface area (Å²) in [6.07, 6.45) is 10.7. The Morgan fingerprint density at radius 2 is 1.28 bits per heavy atom. The maximum atomic E-state index is 12.1. The minimum Gasteiger partial charge on any atom is -0.465 e. The molecule has 0 heterocycles. The molecule has 0 amide bonds. The van der Waals surface area contributed by atoms with Crippen LogP contribution in [0, 0.1) is 17.8 Å². The molecule has 1 saturated carbocycles. The van der Waals surface area contributed by atoms with Crippen LogP contribution in [0.15, 0.2) is 0 Å². The Hall–Kier alpha value is -1.06. The summed E-state index contributed by atoms with van der Waals surface area (Å²) in [4.78, 5) is 24.1. The Morgan fingerprint density at radius 3 is 1.72 bits per heavy atom. The van der Waals surface area contributed by atoms with Crippen molar-refractivity contribution in [1.82, 2.24) is 0 Å². The largest absolute Gasteiger partial charge is 0.465 e. The lowest BCUT2D eigenvalue weighted by atomic mass is 9.82. The van der Waals surface area contributed by atoms with E-state index in [4.69, 9.17) is 9.47 Å². The number of carbonyl (C=O) groups is 2. The van der Waals surface area contributed by atoms with Gasteiger partial charge < -0.3 is 9.47 Å². The highest BCUT2D eigenvalue weighted by molar-refractivity contribution is 5.75. The molecule has 0 spiro atoms. The Labute approximate surface area is 154 Å². The van der Waals surface area contributed by atoms with Crippen molar-refractivity contribution in [1.29, 1.82) is 0 Å². The average Bonchev–Trinajstić information content (AvgIpc) is 2.61. The fourth-order valence-electron chi connectivity index (χ4n) is 3.33. The number of esters is 2. The van der Waals surface area contributed by atoms with Crippen LogP contribution in [0.5, 0.6) is 0 Å². The minimum atomic E-state index is -0.0759. The summed E-state index contributed by atoms with van der Waals surface area (Å²) in [5, 5.41) is 0. The van der Waals surface area contributed by atoms with Crippen LogP contribution in [0.3, 0.4) is 0 Å². The van der Waals surface area contributed by atoms with E-state index in [0.717, 1.165) is 63.7 Å². The van der Waals surface area contributed by atoms with Crippen molar-refractivity contribution in [2.45, 2.75) is 91.4 Å². The molecule has 146 valence electrons. The van der Waals surface area contributed by atoms with Gasteiger partial charge in [-0.2, -0.15) is 0 Å². The first-order valence-corrected chi connectivity index (χ1v) is 10.4. The van der Waals surface area contributed by atoms with Crippen LogP contribution < -0.4 is 0 Å². The quantitative estimate of drug-likeness (QED) is 0.353. The first-order chi connectivity index (χ1) is 12.0. The molecule has 0 bridgehead atoms. The zero-order valence-electron chi connectivity index (χ0n) is 16.6. The third-order valence-electron chi connectivity index (χ3n) is 5.06. The van der Waals surface area contributed by atoms with E-state index in [1.165, 1.54) is 12.8 Å². The molecule has 0 aliphatic heterocycles. The molecule has 0 aromatic carbocycles. The lowest BCUT2D eigenvalue weighted by Gasteiger charge is -2.26. The van der Waals surface area contributed by atoms with Gasteiger partial charge >= 0.3 is 11.9 Å². The first-order valence-electron chi connectivity index (χ1n) is 10.4. The van der Waals surface area contributed by atoms with Gasteiger partial charge in [0.2, 0.25) is 0 Å². The molecule has 0 N–H and O–H groups in total. The summed E-state index contributed by atoms with van der Waals surface area (Å²) in [5.74, 6) is 0.546. The predicted octanol–water partition coefficient (Wildman–Crippen LogP) is 5.29. The Balaban J connectivity index is 2.10. The molecule has 1 rings (SSSR count). The van der Waals surface area contributed by atoms with Gasteiger partial charge in [0, 0.05) is 0 Å². The predicted molar refractivity (Wildman–Crippen MR) is 100 cm³/mol. The maximum absolute atomic E-state index is 12.1. The fraction of sp³-hybridized carbons (Fsp3) is 0.905. The summed E-state index contributed by atoms with van der Waals surface area (Å²) in [6.45, 7) is 7.67. The van der Waals surface area contributed by atoms with Gasteiger partial charge in [0.1, 0.15) is 0 Å². The number of ether oxygens (including phenoxy) is 2. The summed E-state index contributed by atoms with van der Waals surface area (Å²) in [6, 6.07) is 0. The van der Waals surface area contributed by atoms with E-state index in [1.54, 1.807) is 0 Å². The number of hydrogen-bond acceptors (Lipinski definition) is 4. The highest BCUT2D eigenvalue weighted by Gasteiger charge is 2.31. The fourth-order valence-corrected chi connectivity index (χ4v) is 3.33.